The molecule has 2 aromatic carbocycles. The van der Waals surface area contributed by atoms with Crippen LogP contribution in [-0.4, -0.2) is 53.4 Å². The van der Waals surface area contributed by atoms with Crippen LogP contribution >= 0.6 is 11.3 Å². The van der Waals surface area contributed by atoms with Crippen LogP contribution in [0.15, 0.2) is 48.5 Å². The maximum atomic E-state index is 13.2. The highest BCUT2D eigenvalue weighted by Crippen LogP contribution is 2.35. The number of piperidine rings is 1. The van der Waals surface area contributed by atoms with E-state index in [0.717, 1.165) is 36.5 Å². The van der Waals surface area contributed by atoms with Crippen molar-refractivity contribution >= 4 is 45.0 Å². The van der Waals surface area contributed by atoms with Gasteiger partial charge in [0, 0.05) is 5.92 Å². The molecule has 8 heteroatoms. The lowest BCUT2D eigenvalue weighted by atomic mass is 9.96. The SMILES string of the molecule is CCOC(=O)c1ccc(N2C(=O)C[C@H](N3CCC(c4nc5ccccc5s4)CC3)C2=O)cc1. The number of imide groups is 1. The standard InChI is InChI=1S/C25H25N3O4S/c1-2-32-25(31)17-7-9-18(10-8-17)28-22(29)15-20(24(28)30)27-13-11-16(12-14-27)23-26-19-5-3-4-6-21(19)33-23/h3-10,16,20H,2,11-15H2,1H3/t20-/m0/s1. The summed E-state index contributed by atoms with van der Waals surface area (Å²) in [5.41, 5.74) is 1.93. The molecule has 2 saturated heterocycles. The molecule has 7 nitrogen and oxygen atoms in total. The monoisotopic (exact) mass is 463 g/mol. The molecule has 1 atom stereocenters. The molecule has 0 unspecified atom stereocenters. The normalized spacial score (nSPS) is 20.0. The lowest BCUT2D eigenvalue weighted by Gasteiger charge is -2.34. The van der Waals surface area contributed by atoms with Crippen molar-refractivity contribution in [2.75, 3.05) is 24.6 Å². The second-order valence-electron chi connectivity index (χ2n) is 8.38. The number of carbonyl (C=O) groups is 3. The number of fused-ring (bicyclic) bond motifs is 1. The van der Waals surface area contributed by atoms with E-state index in [1.54, 1.807) is 42.5 Å². The molecule has 3 heterocycles. The van der Waals surface area contributed by atoms with Crippen LogP contribution in [0.1, 0.15) is 47.5 Å². The van der Waals surface area contributed by atoms with E-state index in [0.29, 0.717) is 23.8 Å². The van der Waals surface area contributed by atoms with Gasteiger partial charge in [0.2, 0.25) is 5.91 Å². The first-order chi connectivity index (χ1) is 16.0. The maximum Gasteiger partial charge on any atom is 0.338 e. The fourth-order valence-corrected chi connectivity index (χ4v) is 5.79. The highest BCUT2D eigenvalue weighted by atomic mass is 32.1. The zero-order valence-corrected chi connectivity index (χ0v) is 19.2. The summed E-state index contributed by atoms with van der Waals surface area (Å²) < 4.78 is 6.20. The number of esters is 1. The summed E-state index contributed by atoms with van der Waals surface area (Å²) in [7, 11) is 0. The first-order valence-corrected chi connectivity index (χ1v) is 12.1. The molecule has 2 aliphatic rings. The van der Waals surface area contributed by atoms with E-state index in [1.165, 1.54) is 9.60 Å². The molecule has 0 N–H and O–H groups in total. The third-order valence-corrected chi connectivity index (χ3v) is 7.59. The Labute approximate surface area is 196 Å². The molecule has 170 valence electrons. The predicted octanol–water partition coefficient (Wildman–Crippen LogP) is 3.98. The summed E-state index contributed by atoms with van der Waals surface area (Å²) in [6.07, 6.45) is 2.03. The van der Waals surface area contributed by atoms with Crippen molar-refractivity contribution in [3.05, 3.63) is 59.1 Å². The van der Waals surface area contributed by atoms with Gasteiger partial charge in [-0.2, -0.15) is 0 Å². The highest BCUT2D eigenvalue weighted by molar-refractivity contribution is 7.18. The summed E-state index contributed by atoms with van der Waals surface area (Å²) in [4.78, 5) is 45.9. The van der Waals surface area contributed by atoms with E-state index in [1.807, 2.05) is 18.2 Å². The van der Waals surface area contributed by atoms with Gasteiger partial charge in [-0.25, -0.2) is 14.7 Å². The first-order valence-electron chi connectivity index (χ1n) is 11.3. The largest absolute Gasteiger partial charge is 0.462 e. The molecule has 0 spiro atoms. The van der Waals surface area contributed by atoms with Crippen LogP contribution in [0.25, 0.3) is 10.2 Å². The molecule has 2 amide bonds. The minimum atomic E-state index is -0.432. The lowest BCUT2D eigenvalue weighted by molar-refractivity contribution is -0.123. The molecular formula is C25H25N3O4S. The average molecular weight is 464 g/mol. The molecule has 5 rings (SSSR count). The van der Waals surface area contributed by atoms with Crippen molar-refractivity contribution in [1.82, 2.24) is 9.88 Å². The zero-order chi connectivity index (χ0) is 22.9. The van der Waals surface area contributed by atoms with Crippen LogP contribution < -0.4 is 4.90 Å². The Balaban J connectivity index is 1.24. The molecule has 3 aromatic rings. The van der Waals surface area contributed by atoms with E-state index < -0.39 is 12.0 Å². The Bertz CT molecular complexity index is 1160. The summed E-state index contributed by atoms with van der Waals surface area (Å²) in [5, 5.41) is 1.16. The van der Waals surface area contributed by atoms with Crippen LogP contribution in [0.3, 0.4) is 0 Å². The Hall–Kier alpha value is -3.10. The van der Waals surface area contributed by atoms with Gasteiger partial charge < -0.3 is 4.74 Å². The van der Waals surface area contributed by atoms with Gasteiger partial charge in [0.15, 0.2) is 0 Å². The third kappa shape index (κ3) is 4.16. The summed E-state index contributed by atoms with van der Waals surface area (Å²) >= 11 is 1.75. The number of benzene rings is 2. The van der Waals surface area contributed by atoms with Crippen LogP contribution in [0.5, 0.6) is 0 Å². The van der Waals surface area contributed by atoms with Gasteiger partial charge in [-0.1, -0.05) is 12.1 Å². The number of likely N-dealkylation sites (tertiary alicyclic amines) is 1. The van der Waals surface area contributed by atoms with Crippen LogP contribution in [0, 0.1) is 0 Å². The van der Waals surface area contributed by atoms with E-state index in [9.17, 15) is 14.4 Å². The van der Waals surface area contributed by atoms with Crippen molar-refractivity contribution < 1.29 is 19.1 Å². The number of amides is 2. The number of thiazole rings is 1. The quantitative estimate of drug-likeness (QED) is 0.421. The Morgan fingerprint density at radius 1 is 1.09 bits per heavy atom. The fourth-order valence-electron chi connectivity index (χ4n) is 4.66. The summed E-state index contributed by atoms with van der Waals surface area (Å²) in [6.45, 7) is 3.57. The molecule has 0 radical (unpaired) electrons. The van der Waals surface area contributed by atoms with Gasteiger partial charge in [-0.15, -0.1) is 11.3 Å². The number of hydrogen-bond acceptors (Lipinski definition) is 7. The maximum absolute atomic E-state index is 13.2. The Morgan fingerprint density at radius 3 is 2.52 bits per heavy atom. The second-order valence-corrected chi connectivity index (χ2v) is 9.45. The topological polar surface area (TPSA) is 79.8 Å². The van der Waals surface area contributed by atoms with Crippen molar-refractivity contribution in [3.63, 3.8) is 0 Å². The number of nitrogens with zero attached hydrogens (tertiary/aromatic N) is 3. The number of rotatable bonds is 5. The molecule has 2 aliphatic heterocycles. The van der Waals surface area contributed by atoms with Crippen LogP contribution in [0.4, 0.5) is 5.69 Å². The van der Waals surface area contributed by atoms with Gasteiger partial charge in [0.25, 0.3) is 5.91 Å². The molecule has 0 saturated carbocycles. The smallest absolute Gasteiger partial charge is 0.338 e. The van der Waals surface area contributed by atoms with Gasteiger partial charge in [0.05, 0.1) is 45.5 Å². The number of ether oxygens (including phenoxy) is 1. The molecular weight excluding hydrogens is 438 g/mol. The fraction of sp³-hybridized carbons (Fsp3) is 0.360. The Morgan fingerprint density at radius 2 is 1.82 bits per heavy atom. The van der Waals surface area contributed by atoms with Crippen LogP contribution in [0.2, 0.25) is 0 Å². The second kappa shape index (κ2) is 9.03. The van der Waals surface area contributed by atoms with Crippen molar-refractivity contribution in [2.45, 2.75) is 38.1 Å². The zero-order valence-electron chi connectivity index (χ0n) is 18.4. The van der Waals surface area contributed by atoms with Gasteiger partial charge in [0.1, 0.15) is 0 Å². The molecule has 33 heavy (non-hydrogen) atoms. The summed E-state index contributed by atoms with van der Waals surface area (Å²) in [6, 6.07) is 14.2. The summed E-state index contributed by atoms with van der Waals surface area (Å²) in [5.74, 6) is -0.432. The number of carbonyl (C=O) groups excluding carboxylic acids is 3. The number of para-hydroxylation sites is 1. The van der Waals surface area contributed by atoms with E-state index in [-0.39, 0.29) is 18.2 Å². The van der Waals surface area contributed by atoms with Crippen molar-refractivity contribution in [2.24, 2.45) is 0 Å². The lowest BCUT2D eigenvalue weighted by Crippen LogP contribution is -2.45. The predicted molar refractivity (Wildman–Crippen MR) is 126 cm³/mol. The number of hydrogen-bond donors (Lipinski definition) is 0. The van der Waals surface area contributed by atoms with Crippen LogP contribution in [-0.2, 0) is 14.3 Å². The molecule has 0 aliphatic carbocycles. The van der Waals surface area contributed by atoms with Gasteiger partial charge >= 0.3 is 5.97 Å². The number of aromatic nitrogens is 1. The number of anilines is 1. The molecule has 1 aromatic heterocycles. The minimum absolute atomic E-state index is 0.185. The average Bonchev–Trinajstić information content (AvgIpc) is 3.40. The van der Waals surface area contributed by atoms with Crippen molar-refractivity contribution in [1.29, 1.82) is 0 Å². The van der Waals surface area contributed by atoms with Gasteiger partial charge in [-0.3, -0.25) is 14.5 Å². The first kappa shape index (κ1) is 21.7. The molecule has 2 fully saturated rings. The van der Waals surface area contributed by atoms with Gasteiger partial charge in [-0.05, 0) is 69.3 Å². The minimum Gasteiger partial charge on any atom is -0.462 e. The van der Waals surface area contributed by atoms with Crippen molar-refractivity contribution in [3.8, 4) is 0 Å². The third-order valence-electron chi connectivity index (χ3n) is 6.39. The highest BCUT2D eigenvalue weighted by Gasteiger charge is 2.43. The molecule has 0 bridgehead atoms. The van der Waals surface area contributed by atoms with E-state index in [4.69, 9.17) is 9.72 Å². The van der Waals surface area contributed by atoms with E-state index >= 15 is 0 Å². The van der Waals surface area contributed by atoms with E-state index in [2.05, 4.69) is 11.0 Å². The Kier molecular flexibility index (Phi) is 5.95.